The van der Waals surface area contributed by atoms with Crippen molar-refractivity contribution in [3.8, 4) is 11.5 Å². The van der Waals surface area contributed by atoms with Gasteiger partial charge in [0, 0.05) is 20.5 Å². The lowest BCUT2D eigenvalue weighted by molar-refractivity contribution is 0.0886. The van der Waals surface area contributed by atoms with Crippen LogP contribution in [-0.2, 0) is 0 Å². The number of hydrogen-bond acceptors (Lipinski definition) is 4. The maximum Gasteiger partial charge on any atom is 0.184 e. The van der Waals surface area contributed by atoms with Gasteiger partial charge < -0.3 is 9.47 Å². The Morgan fingerprint density at radius 1 is 1.32 bits per heavy atom. The van der Waals surface area contributed by atoms with Gasteiger partial charge in [-0.05, 0) is 63.8 Å². The van der Waals surface area contributed by atoms with Crippen LogP contribution in [0.4, 0.5) is 4.39 Å². The van der Waals surface area contributed by atoms with E-state index in [1.807, 2.05) is 39.0 Å². The average molecular weight is 501 g/mol. The number of ketones is 1. The predicted molar refractivity (Wildman–Crippen MR) is 126 cm³/mol. The van der Waals surface area contributed by atoms with E-state index in [-0.39, 0.29) is 17.5 Å². The van der Waals surface area contributed by atoms with E-state index in [2.05, 4.69) is 27.4 Å². The average Bonchev–Trinajstić information content (AvgIpc) is 3.06. The van der Waals surface area contributed by atoms with Gasteiger partial charge >= 0.3 is 0 Å². The predicted octanol–water partition coefficient (Wildman–Crippen LogP) is 7.49. The van der Waals surface area contributed by atoms with Gasteiger partial charge in [0.05, 0.1) is 13.0 Å². The lowest BCUT2D eigenvalue weighted by Crippen LogP contribution is -2.29. The molecule has 1 heterocycles. The molecule has 0 radical (unpaired) electrons. The highest BCUT2D eigenvalue weighted by atomic mass is 79.9. The molecule has 3 nitrogen and oxygen atoms in total. The van der Waals surface area contributed by atoms with Crippen molar-refractivity contribution in [2.45, 2.75) is 27.2 Å². The molecule has 4 rings (SSSR count). The van der Waals surface area contributed by atoms with E-state index in [0.717, 1.165) is 21.0 Å². The van der Waals surface area contributed by atoms with E-state index in [4.69, 9.17) is 9.47 Å². The van der Waals surface area contributed by atoms with Gasteiger partial charge in [-0.2, -0.15) is 0 Å². The molecule has 2 aliphatic rings. The quantitative estimate of drug-likeness (QED) is 0.315. The zero-order valence-corrected chi connectivity index (χ0v) is 20.1. The van der Waals surface area contributed by atoms with Gasteiger partial charge in [0.25, 0.3) is 0 Å². The van der Waals surface area contributed by atoms with Crippen LogP contribution in [0.2, 0.25) is 0 Å². The maximum atomic E-state index is 13.8. The molecule has 0 amide bonds. The third-order valence-corrected chi connectivity index (χ3v) is 7.25. The highest BCUT2D eigenvalue weighted by Crippen LogP contribution is 2.46. The van der Waals surface area contributed by atoms with Crippen molar-refractivity contribution in [1.29, 1.82) is 0 Å². The second-order valence-electron chi connectivity index (χ2n) is 8.40. The van der Waals surface area contributed by atoms with Crippen molar-refractivity contribution in [3.05, 3.63) is 68.8 Å². The van der Waals surface area contributed by atoms with Gasteiger partial charge in [-0.25, -0.2) is 4.39 Å². The number of Topliss-reactive ketones (excluding diaryl/α,β-unsaturated/α-hetero) is 1. The van der Waals surface area contributed by atoms with Gasteiger partial charge in [-0.1, -0.05) is 32.6 Å². The zero-order valence-electron chi connectivity index (χ0n) is 17.7. The Kier molecular flexibility index (Phi) is 5.85. The van der Waals surface area contributed by atoms with E-state index in [0.29, 0.717) is 22.1 Å². The second kappa shape index (κ2) is 8.29. The first kappa shape index (κ1) is 21.9. The minimum Gasteiger partial charge on any atom is -0.497 e. The number of carbonyl (C=O) groups excluding carboxylic acids is 1. The first-order valence-corrected chi connectivity index (χ1v) is 11.6. The topological polar surface area (TPSA) is 35.5 Å². The monoisotopic (exact) mass is 500 g/mol. The van der Waals surface area contributed by atoms with E-state index in [9.17, 15) is 9.18 Å². The molecule has 2 aliphatic carbocycles. The van der Waals surface area contributed by atoms with Crippen LogP contribution in [0.15, 0.2) is 64.0 Å². The van der Waals surface area contributed by atoms with Crippen LogP contribution in [0.1, 0.15) is 36.9 Å². The molecule has 2 atom stereocenters. The lowest BCUT2D eigenvalue weighted by atomic mass is 9.73. The first-order valence-electron chi connectivity index (χ1n) is 9.99. The number of carbonyl (C=O) groups is 1. The van der Waals surface area contributed by atoms with Gasteiger partial charge in [0.2, 0.25) is 0 Å². The van der Waals surface area contributed by atoms with E-state index in [1.54, 1.807) is 13.2 Å². The molecular formula is C25H22BrFO3S. The van der Waals surface area contributed by atoms with E-state index in [1.165, 1.54) is 23.5 Å². The molecule has 0 spiro atoms. The number of hydrogen-bond donors (Lipinski definition) is 0. The summed E-state index contributed by atoms with van der Waals surface area (Å²) in [4.78, 5) is 14.2. The fourth-order valence-corrected chi connectivity index (χ4v) is 5.56. The Labute approximate surface area is 193 Å². The maximum absolute atomic E-state index is 13.8. The molecule has 0 fully saturated rings. The molecule has 0 bridgehead atoms. The number of fused-ring (bicyclic) bond motifs is 1. The standard InChI is InChI=1S/C25H22BrFO3S/c1-14-11-15(26)5-10-20(14)30-23-18-8-7-17(29-4)12-21(18)31-24(23)22(28)19-9-6-16(27)13-25(19,2)3/h6-9,12-14,19H,11H2,1-4H3. The normalized spacial score (nSPS) is 22.1. The van der Waals surface area contributed by atoms with Crippen LogP contribution in [0.25, 0.3) is 10.1 Å². The summed E-state index contributed by atoms with van der Waals surface area (Å²) in [6, 6.07) is 5.65. The summed E-state index contributed by atoms with van der Waals surface area (Å²) in [5.74, 6) is 1.04. The Morgan fingerprint density at radius 2 is 2.10 bits per heavy atom. The molecule has 2 unspecified atom stereocenters. The Balaban J connectivity index is 1.85. The summed E-state index contributed by atoms with van der Waals surface area (Å²) in [6.07, 6.45) is 5.27. The van der Waals surface area contributed by atoms with Gasteiger partial charge in [0.15, 0.2) is 17.3 Å². The molecule has 6 heteroatoms. The molecule has 0 N–H and O–H groups in total. The summed E-state index contributed by atoms with van der Waals surface area (Å²) >= 11 is 4.83. The fourth-order valence-electron chi connectivity index (χ4n) is 3.84. The van der Waals surface area contributed by atoms with Crippen molar-refractivity contribution in [3.63, 3.8) is 0 Å². The summed E-state index contributed by atoms with van der Waals surface area (Å²) in [7, 11) is 1.61. The Bertz CT molecular complexity index is 1240. The van der Waals surface area contributed by atoms with Crippen LogP contribution >= 0.6 is 27.3 Å². The summed E-state index contributed by atoms with van der Waals surface area (Å²) < 4.78 is 27.3. The summed E-state index contributed by atoms with van der Waals surface area (Å²) in [6.45, 7) is 5.78. The minimum atomic E-state index is -0.647. The second-order valence-corrected chi connectivity index (χ2v) is 10.4. The van der Waals surface area contributed by atoms with E-state index >= 15 is 0 Å². The van der Waals surface area contributed by atoms with Crippen LogP contribution in [-0.4, -0.2) is 12.9 Å². The van der Waals surface area contributed by atoms with Crippen molar-refractivity contribution in [1.82, 2.24) is 0 Å². The van der Waals surface area contributed by atoms with Crippen LogP contribution < -0.4 is 9.47 Å². The number of halogens is 2. The number of methoxy groups -OCH3 is 1. The highest BCUT2D eigenvalue weighted by molar-refractivity contribution is 9.11. The molecule has 0 aliphatic heterocycles. The van der Waals surface area contributed by atoms with Crippen LogP contribution in [0, 0.1) is 17.3 Å². The molecule has 1 aromatic carbocycles. The number of allylic oxidation sites excluding steroid dienone is 6. The zero-order chi connectivity index (χ0) is 22.3. The number of rotatable bonds is 5. The number of ether oxygens (including phenoxy) is 2. The van der Waals surface area contributed by atoms with Crippen molar-refractivity contribution >= 4 is 43.1 Å². The molecule has 0 saturated heterocycles. The molecule has 0 saturated carbocycles. The number of thiophene rings is 1. The van der Waals surface area contributed by atoms with Crippen molar-refractivity contribution in [2.75, 3.05) is 7.11 Å². The van der Waals surface area contributed by atoms with E-state index < -0.39 is 11.3 Å². The van der Waals surface area contributed by atoms with Crippen LogP contribution in [0.3, 0.4) is 0 Å². The van der Waals surface area contributed by atoms with Gasteiger partial charge in [-0.15, -0.1) is 11.3 Å². The SMILES string of the molecule is COc1ccc2c(OC3=C=C=C(Br)CC3C)c(C(=O)C3C=CC(F)=CC3(C)C)sc2c1. The molecule has 31 heavy (non-hydrogen) atoms. The first-order chi connectivity index (χ1) is 14.7. The molecular weight excluding hydrogens is 479 g/mol. The molecule has 160 valence electrons. The lowest BCUT2D eigenvalue weighted by Gasteiger charge is -2.30. The summed E-state index contributed by atoms with van der Waals surface area (Å²) in [5, 5.41) is 0.837. The van der Waals surface area contributed by atoms with Crippen LogP contribution in [0.5, 0.6) is 11.5 Å². The smallest absolute Gasteiger partial charge is 0.184 e. The third-order valence-electron chi connectivity index (χ3n) is 5.58. The largest absolute Gasteiger partial charge is 0.497 e. The Morgan fingerprint density at radius 3 is 2.77 bits per heavy atom. The highest BCUT2D eigenvalue weighted by Gasteiger charge is 2.37. The Hall–Kier alpha value is -2.36. The molecule has 1 aromatic heterocycles. The minimum absolute atomic E-state index is 0.0924. The van der Waals surface area contributed by atoms with Gasteiger partial charge in [-0.3, -0.25) is 4.79 Å². The number of benzene rings is 1. The summed E-state index contributed by atoms with van der Waals surface area (Å²) in [5.41, 5.74) is 5.45. The third kappa shape index (κ3) is 4.22. The molecule has 2 aromatic rings. The van der Waals surface area contributed by atoms with Gasteiger partial charge in [0.1, 0.15) is 16.5 Å². The van der Waals surface area contributed by atoms with Crippen molar-refractivity contribution < 1.29 is 18.7 Å². The van der Waals surface area contributed by atoms with Crippen molar-refractivity contribution in [2.24, 2.45) is 17.3 Å². The fraction of sp³-hybridized carbons (Fsp3) is 0.320.